The average molecular weight is 143 g/mol. The Balaban J connectivity index is 3.35. The topological polar surface area (TPSA) is 46.2 Å². The molecule has 0 rings (SSSR count). The number of amides is 1. The highest BCUT2D eigenvalue weighted by Gasteiger charge is 2.01. The van der Waals surface area contributed by atoms with Crippen LogP contribution in [-0.4, -0.2) is 18.2 Å². The maximum Gasteiger partial charge on any atom is 0.227 e. The Morgan fingerprint density at radius 1 is 1.40 bits per heavy atom. The van der Waals surface area contributed by atoms with E-state index in [9.17, 15) is 9.59 Å². The molecule has 0 aliphatic heterocycles. The minimum atomic E-state index is -0.172. The number of nitrogens with one attached hydrogen (secondary N) is 1. The molecule has 1 N–H and O–H groups in total. The standard InChI is InChI=1S/C7H13NO2/c1-3-4-8-7(10)5-6(2)9/h3-5H2,1-2H3,(H,8,10). The molecule has 0 heterocycles. The zero-order chi connectivity index (χ0) is 7.98. The van der Waals surface area contributed by atoms with Crippen molar-refractivity contribution in [1.29, 1.82) is 0 Å². The fourth-order valence-corrected chi connectivity index (χ4v) is 0.553. The summed E-state index contributed by atoms with van der Waals surface area (Å²) < 4.78 is 0. The lowest BCUT2D eigenvalue weighted by atomic mass is 10.3. The minimum absolute atomic E-state index is 0.0139. The number of carbonyl (C=O) groups is 2. The van der Waals surface area contributed by atoms with E-state index in [1.165, 1.54) is 6.92 Å². The highest BCUT2D eigenvalue weighted by molar-refractivity contribution is 5.96. The zero-order valence-electron chi connectivity index (χ0n) is 6.44. The van der Waals surface area contributed by atoms with Crippen LogP contribution < -0.4 is 5.32 Å². The van der Waals surface area contributed by atoms with Gasteiger partial charge in [0.1, 0.15) is 5.78 Å². The Morgan fingerprint density at radius 2 is 2.00 bits per heavy atom. The molecule has 58 valence electrons. The fourth-order valence-electron chi connectivity index (χ4n) is 0.553. The van der Waals surface area contributed by atoms with Crippen LogP contribution in [0.25, 0.3) is 0 Å². The number of carbonyl (C=O) groups excluding carboxylic acids is 2. The van der Waals surface area contributed by atoms with Crippen LogP contribution in [0.5, 0.6) is 0 Å². The van der Waals surface area contributed by atoms with Crippen LogP contribution in [0.1, 0.15) is 26.7 Å². The third-order valence-electron chi connectivity index (χ3n) is 0.982. The first-order chi connectivity index (χ1) is 4.66. The van der Waals surface area contributed by atoms with Crippen molar-refractivity contribution in [1.82, 2.24) is 5.32 Å². The molecule has 0 aromatic heterocycles. The first kappa shape index (κ1) is 9.14. The fraction of sp³-hybridized carbons (Fsp3) is 0.714. The van der Waals surface area contributed by atoms with Gasteiger partial charge in [0.15, 0.2) is 0 Å². The third kappa shape index (κ3) is 5.28. The molecule has 0 unspecified atom stereocenters. The molecule has 0 aliphatic carbocycles. The van der Waals surface area contributed by atoms with E-state index in [1.54, 1.807) is 0 Å². The van der Waals surface area contributed by atoms with Crippen LogP contribution in [0.2, 0.25) is 0 Å². The highest BCUT2D eigenvalue weighted by Crippen LogP contribution is 1.81. The van der Waals surface area contributed by atoms with Crippen LogP contribution in [0, 0.1) is 0 Å². The molecule has 0 radical (unpaired) electrons. The van der Waals surface area contributed by atoms with Gasteiger partial charge in [0.05, 0.1) is 6.42 Å². The molecule has 10 heavy (non-hydrogen) atoms. The Labute approximate surface area is 60.8 Å². The summed E-state index contributed by atoms with van der Waals surface area (Å²) >= 11 is 0. The number of rotatable bonds is 4. The molecule has 0 spiro atoms. The Bertz CT molecular complexity index is 132. The van der Waals surface area contributed by atoms with Crippen molar-refractivity contribution in [3.63, 3.8) is 0 Å². The number of hydrogen-bond donors (Lipinski definition) is 1. The van der Waals surface area contributed by atoms with Gasteiger partial charge in [0, 0.05) is 6.54 Å². The lowest BCUT2D eigenvalue weighted by Gasteiger charge is -1.98. The summed E-state index contributed by atoms with van der Waals surface area (Å²) in [5.74, 6) is -0.261. The number of Topliss-reactive ketones (excluding diaryl/α,β-unsaturated/α-hetero) is 1. The summed E-state index contributed by atoms with van der Waals surface area (Å²) in [4.78, 5) is 21.0. The van der Waals surface area contributed by atoms with E-state index in [0.29, 0.717) is 6.54 Å². The van der Waals surface area contributed by atoms with Gasteiger partial charge in [-0.25, -0.2) is 0 Å². The second kappa shape index (κ2) is 4.97. The van der Waals surface area contributed by atoms with E-state index >= 15 is 0 Å². The van der Waals surface area contributed by atoms with E-state index < -0.39 is 0 Å². The minimum Gasteiger partial charge on any atom is -0.356 e. The van der Waals surface area contributed by atoms with Gasteiger partial charge in [-0.05, 0) is 13.3 Å². The van der Waals surface area contributed by atoms with Crippen molar-refractivity contribution >= 4 is 11.7 Å². The van der Waals surface area contributed by atoms with Crippen molar-refractivity contribution in [3.05, 3.63) is 0 Å². The molecule has 0 aromatic rings. The number of ketones is 1. The van der Waals surface area contributed by atoms with Crippen molar-refractivity contribution < 1.29 is 9.59 Å². The molecule has 0 fully saturated rings. The monoisotopic (exact) mass is 143 g/mol. The molecule has 0 aliphatic rings. The molecular weight excluding hydrogens is 130 g/mol. The van der Waals surface area contributed by atoms with Gasteiger partial charge in [-0.15, -0.1) is 0 Å². The molecule has 3 heteroatoms. The van der Waals surface area contributed by atoms with Gasteiger partial charge >= 0.3 is 0 Å². The van der Waals surface area contributed by atoms with Gasteiger partial charge in [-0.2, -0.15) is 0 Å². The van der Waals surface area contributed by atoms with Gasteiger partial charge in [0.2, 0.25) is 5.91 Å². The maximum atomic E-state index is 10.7. The summed E-state index contributed by atoms with van der Waals surface area (Å²) in [6.45, 7) is 4.03. The lowest BCUT2D eigenvalue weighted by molar-refractivity contribution is -0.127. The van der Waals surface area contributed by atoms with Crippen molar-refractivity contribution in [2.75, 3.05) is 6.54 Å². The molecule has 1 amide bonds. The summed E-state index contributed by atoms with van der Waals surface area (Å²) in [6, 6.07) is 0. The normalized spacial score (nSPS) is 9.00. The van der Waals surface area contributed by atoms with Gasteiger partial charge in [-0.1, -0.05) is 6.92 Å². The molecule has 3 nitrogen and oxygen atoms in total. The highest BCUT2D eigenvalue weighted by atomic mass is 16.2. The van der Waals surface area contributed by atoms with E-state index in [0.717, 1.165) is 6.42 Å². The second-order valence-electron chi connectivity index (χ2n) is 2.23. The predicted molar refractivity (Wildman–Crippen MR) is 38.6 cm³/mol. The van der Waals surface area contributed by atoms with E-state index in [2.05, 4.69) is 5.32 Å². The van der Waals surface area contributed by atoms with Crippen LogP contribution in [-0.2, 0) is 9.59 Å². The van der Waals surface area contributed by atoms with Crippen LogP contribution in [0.15, 0.2) is 0 Å². The summed E-state index contributed by atoms with van der Waals surface area (Å²) in [5.41, 5.74) is 0. The Morgan fingerprint density at radius 3 is 2.40 bits per heavy atom. The van der Waals surface area contributed by atoms with Crippen LogP contribution >= 0.6 is 0 Å². The van der Waals surface area contributed by atoms with E-state index in [4.69, 9.17) is 0 Å². The first-order valence-electron chi connectivity index (χ1n) is 3.43. The van der Waals surface area contributed by atoms with Crippen molar-refractivity contribution in [2.24, 2.45) is 0 Å². The van der Waals surface area contributed by atoms with Crippen molar-refractivity contribution in [3.8, 4) is 0 Å². The lowest BCUT2D eigenvalue weighted by Crippen LogP contribution is -2.25. The summed E-state index contributed by atoms with van der Waals surface area (Å²) in [6.07, 6.45) is 0.920. The van der Waals surface area contributed by atoms with Crippen LogP contribution in [0.4, 0.5) is 0 Å². The molecule has 0 saturated carbocycles. The van der Waals surface area contributed by atoms with Crippen LogP contribution in [0.3, 0.4) is 0 Å². The molecule has 0 aromatic carbocycles. The SMILES string of the molecule is CCCNC(=O)CC(C)=O. The Kier molecular flexibility index (Phi) is 4.54. The second-order valence-corrected chi connectivity index (χ2v) is 2.23. The molecule has 0 saturated heterocycles. The smallest absolute Gasteiger partial charge is 0.227 e. The van der Waals surface area contributed by atoms with E-state index in [1.807, 2.05) is 6.92 Å². The largest absolute Gasteiger partial charge is 0.356 e. The van der Waals surface area contributed by atoms with Gasteiger partial charge in [0.25, 0.3) is 0 Å². The summed E-state index contributed by atoms with van der Waals surface area (Å²) in [7, 11) is 0. The number of hydrogen-bond acceptors (Lipinski definition) is 2. The maximum absolute atomic E-state index is 10.7. The quantitative estimate of drug-likeness (QED) is 0.582. The third-order valence-corrected chi connectivity index (χ3v) is 0.982. The first-order valence-corrected chi connectivity index (χ1v) is 3.43. The molecular formula is C7H13NO2. The van der Waals surface area contributed by atoms with Gasteiger partial charge < -0.3 is 5.32 Å². The molecule has 0 atom stereocenters. The van der Waals surface area contributed by atoms with Crippen molar-refractivity contribution in [2.45, 2.75) is 26.7 Å². The Hall–Kier alpha value is -0.860. The van der Waals surface area contributed by atoms with E-state index in [-0.39, 0.29) is 18.1 Å². The molecule has 0 bridgehead atoms. The van der Waals surface area contributed by atoms with Gasteiger partial charge in [-0.3, -0.25) is 9.59 Å². The zero-order valence-corrected chi connectivity index (χ0v) is 6.44. The summed E-state index contributed by atoms with van der Waals surface area (Å²) in [5, 5.41) is 2.60. The predicted octanol–water partition coefficient (Wildman–Crippen LogP) is 0.492. The average Bonchev–Trinajstić information content (AvgIpc) is 1.82.